The highest BCUT2D eigenvalue weighted by atomic mass is 16.5. The van der Waals surface area contributed by atoms with Crippen molar-refractivity contribution >= 4 is 17.3 Å². The van der Waals surface area contributed by atoms with E-state index in [0.29, 0.717) is 17.1 Å². The molecule has 25 heavy (non-hydrogen) atoms. The van der Waals surface area contributed by atoms with Crippen LogP contribution in [-0.4, -0.2) is 33.2 Å². The van der Waals surface area contributed by atoms with Gasteiger partial charge in [0.05, 0.1) is 31.2 Å². The molecule has 0 radical (unpaired) electrons. The number of anilines is 2. The topological polar surface area (TPSA) is 50.8 Å². The molecule has 2 aromatic rings. The number of methoxy groups -OCH3 is 2. The Labute approximate surface area is 148 Å². The maximum atomic E-state index is 12.8. The van der Waals surface area contributed by atoms with Gasteiger partial charge >= 0.3 is 0 Å². The Hall–Kier alpha value is -2.69. The minimum atomic E-state index is -0.208. The highest BCUT2D eigenvalue weighted by Crippen LogP contribution is 2.30. The van der Waals surface area contributed by atoms with Crippen molar-refractivity contribution in [3.05, 3.63) is 48.0 Å². The van der Waals surface area contributed by atoms with E-state index in [1.807, 2.05) is 18.2 Å². The number of nitrogens with zero attached hydrogens (tertiary/aromatic N) is 1. The first kappa shape index (κ1) is 17.1. The van der Waals surface area contributed by atoms with E-state index in [-0.39, 0.29) is 5.91 Å². The largest absolute Gasteiger partial charge is 0.497 e. The average molecular weight is 340 g/mol. The number of nitrogens with one attached hydrogen (secondary N) is 1. The van der Waals surface area contributed by atoms with Gasteiger partial charge in [-0.25, -0.2) is 0 Å². The molecule has 0 bridgehead atoms. The molecule has 132 valence electrons. The van der Waals surface area contributed by atoms with Gasteiger partial charge < -0.3 is 19.7 Å². The van der Waals surface area contributed by atoms with Crippen molar-refractivity contribution in [2.75, 3.05) is 37.5 Å². The lowest BCUT2D eigenvalue weighted by Crippen LogP contribution is -2.30. The molecule has 5 nitrogen and oxygen atoms in total. The fourth-order valence-electron chi connectivity index (χ4n) is 3.17. The molecule has 0 aliphatic carbocycles. The maximum Gasteiger partial charge on any atom is 0.259 e. The molecule has 1 fully saturated rings. The third-order valence-electron chi connectivity index (χ3n) is 4.50. The molecule has 1 aliphatic heterocycles. The predicted octanol–water partition coefficient (Wildman–Crippen LogP) is 3.95. The summed E-state index contributed by atoms with van der Waals surface area (Å²) in [7, 11) is 3.13. The summed E-state index contributed by atoms with van der Waals surface area (Å²) in [6.07, 6.45) is 3.64. The number of hydrogen-bond donors (Lipinski definition) is 1. The summed E-state index contributed by atoms with van der Waals surface area (Å²) in [5, 5.41) is 3.03. The fourth-order valence-corrected chi connectivity index (χ4v) is 3.17. The highest BCUT2D eigenvalue weighted by Gasteiger charge is 2.18. The van der Waals surface area contributed by atoms with Gasteiger partial charge in [0, 0.05) is 13.1 Å². The monoisotopic (exact) mass is 340 g/mol. The van der Waals surface area contributed by atoms with Crippen LogP contribution < -0.4 is 19.7 Å². The lowest BCUT2D eigenvalue weighted by Gasteiger charge is -2.30. The van der Waals surface area contributed by atoms with Crippen molar-refractivity contribution in [1.82, 2.24) is 0 Å². The van der Waals surface area contributed by atoms with Gasteiger partial charge in [0.15, 0.2) is 0 Å². The summed E-state index contributed by atoms with van der Waals surface area (Å²) in [4.78, 5) is 15.2. The molecule has 0 unspecified atom stereocenters. The first-order valence-electron chi connectivity index (χ1n) is 8.60. The van der Waals surface area contributed by atoms with Gasteiger partial charge in [0.2, 0.25) is 0 Å². The van der Waals surface area contributed by atoms with Gasteiger partial charge in [-0.05, 0) is 49.6 Å². The standard InChI is InChI=1S/C20H24N2O3/c1-24-15-10-11-19(25-2)16(14-15)20(23)21-17-8-4-5-9-18(17)22-12-6-3-7-13-22/h4-5,8-11,14H,3,6-7,12-13H2,1-2H3,(H,21,23). The molecular formula is C20H24N2O3. The second kappa shape index (κ2) is 7.92. The molecule has 1 amide bonds. The Morgan fingerprint density at radius 1 is 1.00 bits per heavy atom. The van der Waals surface area contributed by atoms with E-state index in [2.05, 4.69) is 16.3 Å². The second-order valence-corrected chi connectivity index (χ2v) is 6.09. The lowest BCUT2D eigenvalue weighted by molar-refractivity contribution is 0.102. The maximum absolute atomic E-state index is 12.8. The molecule has 0 atom stereocenters. The number of carbonyl (C=O) groups is 1. The van der Waals surface area contributed by atoms with Gasteiger partial charge in [0.25, 0.3) is 5.91 Å². The molecular weight excluding hydrogens is 316 g/mol. The number of benzene rings is 2. The van der Waals surface area contributed by atoms with Crippen LogP contribution in [0.15, 0.2) is 42.5 Å². The summed E-state index contributed by atoms with van der Waals surface area (Å²) in [6, 6.07) is 13.1. The van der Waals surface area contributed by atoms with Crippen LogP contribution in [0, 0.1) is 0 Å². The summed E-state index contributed by atoms with van der Waals surface area (Å²) >= 11 is 0. The molecule has 3 rings (SSSR count). The zero-order valence-corrected chi connectivity index (χ0v) is 14.7. The summed E-state index contributed by atoms with van der Waals surface area (Å²) in [5.74, 6) is 0.934. The fraction of sp³-hybridized carbons (Fsp3) is 0.350. The Bertz CT molecular complexity index is 739. The number of hydrogen-bond acceptors (Lipinski definition) is 4. The number of carbonyl (C=O) groups excluding carboxylic acids is 1. The molecule has 1 heterocycles. The van der Waals surface area contributed by atoms with Crippen molar-refractivity contribution in [2.45, 2.75) is 19.3 Å². The van der Waals surface area contributed by atoms with Crippen molar-refractivity contribution in [2.24, 2.45) is 0 Å². The smallest absolute Gasteiger partial charge is 0.259 e. The van der Waals surface area contributed by atoms with Crippen LogP contribution in [0.25, 0.3) is 0 Å². The van der Waals surface area contributed by atoms with Crippen LogP contribution in [0.2, 0.25) is 0 Å². The van der Waals surface area contributed by atoms with Gasteiger partial charge in [-0.2, -0.15) is 0 Å². The van der Waals surface area contributed by atoms with E-state index in [1.54, 1.807) is 32.4 Å². The van der Waals surface area contributed by atoms with Gasteiger partial charge in [0.1, 0.15) is 11.5 Å². The van der Waals surface area contributed by atoms with Crippen molar-refractivity contribution in [1.29, 1.82) is 0 Å². The van der Waals surface area contributed by atoms with Gasteiger partial charge in [-0.15, -0.1) is 0 Å². The normalized spacial score (nSPS) is 14.1. The SMILES string of the molecule is COc1ccc(OC)c(C(=O)Nc2ccccc2N2CCCCC2)c1. The first-order chi connectivity index (χ1) is 12.2. The summed E-state index contributed by atoms with van der Waals surface area (Å²) in [6.45, 7) is 2.05. The second-order valence-electron chi connectivity index (χ2n) is 6.09. The Morgan fingerprint density at radius 3 is 2.48 bits per heavy atom. The molecule has 1 aliphatic rings. The van der Waals surface area contributed by atoms with Crippen LogP contribution in [0.1, 0.15) is 29.6 Å². The first-order valence-corrected chi connectivity index (χ1v) is 8.60. The third kappa shape index (κ3) is 3.87. The minimum absolute atomic E-state index is 0.208. The quantitative estimate of drug-likeness (QED) is 0.895. The van der Waals surface area contributed by atoms with Crippen LogP contribution in [0.4, 0.5) is 11.4 Å². The Balaban J connectivity index is 1.86. The van der Waals surface area contributed by atoms with Crippen LogP contribution in [-0.2, 0) is 0 Å². The summed E-state index contributed by atoms with van der Waals surface area (Å²) in [5.41, 5.74) is 2.34. The molecule has 2 aromatic carbocycles. The number of rotatable bonds is 5. The number of amides is 1. The van der Waals surface area contributed by atoms with E-state index in [9.17, 15) is 4.79 Å². The molecule has 5 heteroatoms. The van der Waals surface area contributed by atoms with E-state index in [0.717, 1.165) is 24.5 Å². The van der Waals surface area contributed by atoms with Crippen LogP contribution >= 0.6 is 0 Å². The minimum Gasteiger partial charge on any atom is -0.497 e. The summed E-state index contributed by atoms with van der Waals surface area (Å²) < 4.78 is 10.6. The molecule has 0 saturated carbocycles. The van der Waals surface area contributed by atoms with Crippen molar-refractivity contribution in [3.63, 3.8) is 0 Å². The molecule has 1 saturated heterocycles. The number of piperidine rings is 1. The average Bonchev–Trinajstić information content (AvgIpc) is 2.68. The molecule has 1 N–H and O–H groups in total. The van der Waals surface area contributed by atoms with Gasteiger partial charge in [-0.3, -0.25) is 4.79 Å². The third-order valence-corrected chi connectivity index (χ3v) is 4.50. The van der Waals surface area contributed by atoms with E-state index in [4.69, 9.17) is 9.47 Å². The molecule has 0 spiro atoms. The lowest BCUT2D eigenvalue weighted by atomic mass is 10.1. The van der Waals surface area contributed by atoms with E-state index >= 15 is 0 Å². The van der Waals surface area contributed by atoms with E-state index in [1.165, 1.54) is 19.3 Å². The predicted molar refractivity (Wildman–Crippen MR) is 100 cm³/mol. The highest BCUT2D eigenvalue weighted by molar-refractivity contribution is 6.08. The number of ether oxygens (including phenoxy) is 2. The van der Waals surface area contributed by atoms with Gasteiger partial charge in [-0.1, -0.05) is 12.1 Å². The van der Waals surface area contributed by atoms with Crippen molar-refractivity contribution in [3.8, 4) is 11.5 Å². The van der Waals surface area contributed by atoms with Crippen LogP contribution in [0.3, 0.4) is 0 Å². The van der Waals surface area contributed by atoms with Crippen molar-refractivity contribution < 1.29 is 14.3 Å². The zero-order chi connectivity index (χ0) is 17.6. The molecule has 0 aromatic heterocycles. The zero-order valence-electron chi connectivity index (χ0n) is 14.7. The Kier molecular flexibility index (Phi) is 5.43. The van der Waals surface area contributed by atoms with Crippen LogP contribution in [0.5, 0.6) is 11.5 Å². The van der Waals surface area contributed by atoms with E-state index < -0.39 is 0 Å². The Morgan fingerprint density at radius 2 is 1.76 bits per heavy atom. The number of para-hydroxylation sites is 2.